The molecule has 0 saturated heterocycles. The van der Waals surface area contributed by atoms with Gasteiger partial charge in [0.25, 0.3) is 0 Å². The number of carbonyl (C=O) groups is 1. The number of azo groups is 1. The van der Waals surface area contributed by atoms with Crippen LogP contribution in [0.25, 0.3) is 0 Å². The van der Waals surface area contributed by atoms with E-state index in [2.05, 4.69) is 36.7 Å². The maximum Gasteiger partial charge on any atom is 0.221 e. The van der Waals surface area contributed by atoms with Gasteiger partial charge in [0.1, 0.15) is 5.75 Å². The van der Waals surface area contributed by atoms with E-state index in [0.29, 0.717) is 0 Å². The van der Waals surface area contributed by atoms with E-state index in [1.165, 1.54) is 6.92 Å². The fourth-order valence-electron chi connectivity index (χ4n) is 2.42. The summed E-state index contributed by atoms with van der Waals surface area (Å²) in [6, 6.07) is 14.8. The Morgan fingerprint density at radius 1 is 0.926 bits per heavy atom. The highest BCUT2D eigenvalue weighted by Crippen LogP contribution is 2.22. The fourth-order valence-corrected chi connectivity index (χ4v) is 2.42. The Morgan fingerprint density at radius 2 is 1.48 bits per heavy atom. The van der Waals surface area contributed by atoms with Crippen molar-refractivity contribution in [2.45, 2.75) is 19.8 Å². The van der Waals surface area contributed by atoms with Crippen LogP contribution in [-0.4, -0.2) is 44.7 Å². The van der Waals surface area contributed by atoms with E-state index < -0.39 is 0 Å². The molecule has 0 fully saturated rings. The molecule has 0 unspecified atom stereocenters. The predicted octanol–water partition coefficient (Wildman–Crippen LogP) is 4.93. The summed E-state index contributed by atoms with van der Waals surface area (Å²) >= 11 is 0. The molecular formula is C21H29N4O2+. The number of ether oxygens (including phenoxy) is 1. The van der Waals surface area contributed by atoms with E-state index >= 15 is 0 Å². The number of hydrogen-bond donors (Lipinski definition) is 1. The minimum atomic E-state index is -0.0972. The van der Waals surface area contributed by atoms with Crippen LogP contribution >= 0.6 is 0 Å². The van der Waals surface area contributed by atoms with Gasteiger partial charge >= 0.3 is 0 Å². The number of benzene rings is 2. The molecule has 6 heteroatoms. The number of amides is 1. The quantitative estimate of drug-likeness (QED) is 0.387. The zero-order valence-corrected chi connectivity index (χ0v) is 16.6. The van der Waals surface area contributed by atoms with Gasteiger partial charge in [-0.2, -0.15) is 10.2 Å². The van der Waals surface area contributed by atoms with Gasteiger partial charge in [0.05, 0.1) is 45.7 Å². The van der Waals surface area contributed by atoms with Crippen molar-refractivity contribution in [3.63, 3.8) is 0 Å². The number of quaternary nitrogens is 1. The minimum Gasteiger partial charge on any atom is -0.494 e. The highest BCUT2D eigenvalue weighted by Gasteiger charge is 2.05. The lowest BCUT2D eigenvalue weighted by molar-refractivity contribution is -0.870. The normalized spacial score (nSPS) is 11.6. The number of carbonyl (C=O) groups excluding carboxylic acids is 1. The number of nitrogens with zero attached hydrogens (tertiary/aromatic N) is 3. The van der Waals surface area contributed by atoms with Crippen LogP contribution < -0.4 is 10.1 Å². The SMILES string of the molecule is CC(=O)Nc1ccc(N=Nc2ccc(OCCCC[N+](C)(C)C)cc2)cc1. The Labute approximate surface area is 161 Å². The molecule has 0 spiro atoms. The summed E-state index contributed by atoms with van der Waals surface area (Å²) in [5, 5.41) is 11.1. The zero-order valence-electron chi connectivity index (χ0n) is 16.6. The number of anilines is 1. The predicted molar refractivity (Wildman–Crippen MR) is 109 cm³/mol. The van der Waals surface area contributed by atoms with Crippen molar-refractivity contribution in [1.82, 2.24) is 0 Å². The molecule has 0 atom stereocenters. The van der Waals surface area contributed by atoms with Crippen LogP contribution in [0, 0.1) is 0 Å². The van der Waals surface area contributed by atoms with Crippen molar-refractivity contribution in [3.8, 4) is 5.75 Å². The van der Waals surface area contributed by atoms with E-state index in [1.807, 2.05) is 36.4 Å². The van der Waals surface area contributed by atoms with Gasteiger partial charge in [-0.3, -0.25) is 4.79 Å². The highest BCUT2D eigenvalue weighted by atomic mass is 16.5. The Kier molecular flexibility index (Phi) is 7.49. The van der Waals surface area contributed by atoms with Gasteiger partial charge in [-0.05, 0) is 61.4 Å². The van der Waals surface area contributed by atoms with Crippen LogP contribution in [0.3, 0.4) is 0 Å². The molecule has 144 valence electrons. The molecule has 1 amide bonds. The van der Waals surface area contributed by atoms with Crippen LogP contribution in [-0.2, 0) is 4.79 Å². The lowest BCUT2D eigenvalue weighted by Gasteiger charge is -2.23. The number of nitrogens with one attached hydrogen (secondary N) is 1. The monoisotopic (exact) mass is 369 g/mol. The third-order valence-electron chi connectivity index (χ3n) is 3.80. The second-order valence-electron chi connectivity index (χ2n) is 7.49. The van der Waals surface area contributed by atoms with E-state index in [9.17, 15) is 4.79 Å². The average molecular weight is 369 g/mol. The van der Waals surface area contributed by atoms with Crippen molar-refractivity contribution in [2.75, 3.05) is 39.6 Å². The van der Waals surface area contributed by atoms with Crippen molar-refractivity contribution in [1.29, 1.82) is 0 Å². The molecular weight excluding hydrogens is 340 g/mol. The zero-order chi connectivity index (χ0) is 19.7. The first-order chi connectivity index (χ1) is 12.8. The molecule has 2 aromatic rings. The molecule has 0 saturated carbocycles. The molecule has 0 aromatic heterocycles. The first-order valence-corrected chi connectivity index (χ1v) is 9.14. The summed E-state index contributed by atoms with van der Waals surface area (Å²) in [6.45, 7) is 3.35. The van der Waals surface area contributed by atoms with Crippen molar-refractivity contribution < 1.29 is 14.0 Å². The fraction of sp³-hybridized carbons (Fsp3) is 0.381. The molecule has 0 bridgehead atoms. The van der Waals surface area contributed by atoms with Crippen molar-refractivity contribution in [2.24, 2.45) is 10.2 Å². The molecule has 1 N–H and O–H groups in total. The summed E-state index contributed by atoms with van der Waals surface area (Å²) < 4.78 is 6.75. The Morgan fingerprint density at radius 3 is 2.00 bits per heavy atom. The first-order valence-electron chi connectivity index (χ1n) is 9.14. The third-order valence-corrected chi connectivity index (χ3v) is 3.80. The molecule has 0 heterocycles. The van der Waals surface area contributed by atoms with Crippen LogP contribution in [0.5, 0.6) is 5.75 Å². The molecule has 0 radical (unpaired) electrons. The van der Waals surface area contributed by atoms with Crippen LogP contribution in [0.4, 0.5) is 17.1 Å². The molecule has 2 aromatic carbocycles. The van der Waals surface area contributed by atoms with Gasteiger partial charge in [-0.1, -0.05) is 0 Å². The average Bonchev–Trinajstić information content (AvgIpc) is 2.60. The van der Waals surface area contributed by atoms with Gasteiger partial charge in [0, 0.05) is 12.6 Å². The summed E-state index contributed by atoms with van der Waals surface area (Å²) in [4.78, 5) is 11.0. The second-order valence-corrected chi connectivity index (χ2v) is 7.49. The van der Waals surface area contributed by atoms with Crippen LogP contribution in [0.2, 0.25) is 0 Å². The molecule has 0 aliphatic heterocycles. The van der Waals surface area contributed by atoms with Gasteiger partial charge in [-0.25, -0.2) is 0 Å². The van der Waals surface area contributed by atoms with Crippen molar-refractivity contribution in [3.05, 3.63) is 48.5 Å². The van der Waals surface area contributed by atoms with Crippen molar-refractivity contribution >= 4 is 23.0 Å². The summed E-state index contributed by atoms with van der Waals surface area (Å²) in [5.41, 5.74) is 2.23. The van der Waals surface area contributed by atoms with E-state index in [1.54, 1.807) is 12.1 Å². The largest absolute Gasteiger partial charge is 0.494 e. The first kappa shape index (κ1) is 20.6. The number of rotatable bonds is 9. The van der Waals surface area contributed by atoms with E-state index in [4.69, 9.17) is 4.74 Å². The number of unbranched alkanes of at least 4 members (excludes halogenated alkanes) is 1. The highest BCUT2D eigenvalue weighted by molar-refractivity contribution is 5.88. The lowest BCUT2D eigenvalue weighted by atomic mass is 10.3. The third kappa shape index (κ3) is 8.46. The topological polar surface area (TPSA) is 63.0 Å². The number of hydrogen-bond acceptors (Lipinski definition) is 4. The van der Waals surface area contributed by atoms with Crippen LogP contribution in [0.1, 0.15) is 19.8 Å². The maximum absolute atomic E-state index is 11.0. The lowest BCUT2D eigenvalue weighted by Crippen LogP contribution is -2.35. The molecule has 6 nitrogen and oxygen atoms in total. The Bertz CT molecular complexity index is 747. The Hall–Kier alpha value is -2.73. The minimum absolute atomic E-state index is 0.0972. The molecule has 0 aliphatic carbocycles. The van der Waals surface area contributed by atoms with Gasteiger partial charge in [0.2, 0.25) is 5.91 Å². The van der Waals surface area contributed by atoms with Crippen LogP contribution in [0.15, 0.2) is 58.8 Å². The smallest absolute Gasteiger partial charge is 0.221 e. The molecule has 0 aliphatic rings. The molecule has 2 rings (SSSR count). The van der Waals surface area contributed by atoms with E-state index in [0.717, 1.165) is 53.3 Å². The standard InChI is InChI=1S/C21H28N4O2/c1-17(26)22-18-7-9-19(10-8-18)23-24-20-11-13-21(14-12-20)27-16-6-5-15-25(2,3)4/h7-14H,5-6,15-16H2,1-4H3/p+1. The van der Waals surface area contributed by atoms with E-state index in [-0.39, 0.29) is 5.91 Å². The molecule has 27 heavy (non-hydrogen) atoms. The van der Waals surface area contributed by atoms with Gasteiger partial charge < -0.3 is 14.5 Å². The van der Waals surface area contributed by atoms with Gasteiger partial charge in [-0.15, -0.1) is 0 Å². The summed E-state index contributed by atoms with van der Waals surface area (Å²) in [7, 11) is 6.60. The Balaban J connectivity index is 1.79. The maximum atomic E-state index is 11.0. The van der Waals surface area contributed by atoms with Gasteiger partial charge in [0.15, 0.2) is 0 Å². The summed E-state index contributed by atoms with van der Waals surface area (Å²) in [5.74, 6) is 0.749. The summed E-state index contributed by atoms with van der Waals surface area (Å²) in [6.07, 6.45) is 2.20. The second kappa shape index (κ2) is 9.83.